The molecule has 1 aromatic carbocycles. The first-order chi connectivity index (χ1) is 11.2. The topological polar surface area (TPSA) is 79.5 Å². The highest BCUT2D eigenvalue weighted by atomic mass is 16.5. The van der Waals surface area contributed by atoms with Crippen LogP contribution in [0.15, 0.2) is 24.3 Å². The first-order valence-corrected chi connectivity index (χ1v) is 8.16. The molecule has 2 aliphatic rings. The summed E-state index contributed by atoms with van der Waals surface area (Å²) in [5.41, 5.74) is 0.697. The molecule has 1 saturated heterocycles. The van der Waals surface area contributed by atoms with Crippen molar-refractivity contribution in [3.63, 3.8) is 0 Å². The van der Waals surface area contributed by atoms with E-state index in [1.807, 2.05) is 0 Å². The van der Waals surface area contributed by atoms with Crippen molar-refractivity contribution in [2.45, 2.75) is 50.2 Å². The van der Waals surface area contributed by atoms with Gasteiger partial charge >= 0.3 is 0 Å². The molecule has 0 unspecified atom stereocenters. The summed E-state index contributed by atoms with van der Waals surface area (Å²) >= 11 is 0. The lowest BCUT2D eigenvalue weighted by Crippen LogP contribution is -2.65. The number of fused-ring (bicyclic) bond motifs is 1. The summed E-state index contributed by atoms with van der Waals surface area (Å²) in [4.78, 5) is 24.3. The van der Waals surface area contributed by atoms with Gasteiger partial charge < -0.3 is 20.7 Å². The molecule has 6 heteroatoms. The standard InChI is InChI=1S/C17H23N3O3/c1-23-12-8-6-11(7-9-12)18-16(21)10-15-17(22)20-14-5-3-2-4-13(14)19-15/h6-9,13-15,19H,2-5,10H2,1H3,(H,18,21)(H,20,22)/t13-,14-,15+/m0/s1. The Labute approximate surface area is 136 Å². The van der Waals surface area contributed by atoms with Crippen molar-refractivity contribution in [1.29, 1.82) is 0 Å². The molecule has 1 saturated carbocycles. The van der Waals surface area contributed by atoms with Crippen molar-refractivity contribution in [3.05, 3.63) is 24.3 Å². The Morgan fingerprint density at radius 2 is 1.91 bits per heavy atom. The average Bonchev–Trinajstić information content (AvgIpc) is 2.56. The van der Waals surface area contributed by atoms with E-state index in [1.165, 1.54) is 6.42 Å². The molecule has 1 heterocycles. The predicted octanol–water partition coefficient (Wildman–Crippen LogP) is 1.42. The molecule has 0 radical (unpaired) electrons. The molecule has 3 atom stereocenters. The predicted molar refractivity (Wildman–Crippen MR) is 87.4 cm³/mol. The summed E-state index contributed by atoms with van der Waals surface area (Å²) in [5, 5.41) is 9.22. The van der Waals surface area contributed by atoms with Crippen molar-refractivity contribution >= 4 is 17.5 Å². The third kappa shape index (κ3) is 3.82. The van der Waals surface area contributed by atoms with Gasteiger partial charge in [0.25, 0.3) is 0 Å². The van der Waals surface area contributed by atoms with Gasteiger partial charge in [-0.2, -0.15) is 0 Å². The Kier molecular flexibility index (Phi) is 4.81. The molecule has 23 heavy (non-hydrogen) atoms. The van der Waals surface area contributed by atoms with Crippen LogP contribution in [0.1, 0.15) is 32.1 Å². The van der Waals surface area contributed by atoms with E-state index in [-0.39, 0.29) is 24.3 Å². The van der Waals surface area contributed by atoms with Crippen LogP contribution >= 0.6 is 0 Å². The van der Waals surface area contributed by atoms with Gasteiger partial charge in [0.15, 0.2) is 0 Å². The largest absolute Gasteiger partial charge is 0.497 e. The fraction of sp³-hybridized carbons (Fsp3) is 0.529. The number of ether oxygens (including phenoxy) is 1. The molecule has 0 spiro atoms. The van der Waals surface area contributed by atoms with Crippen LogP contribution in [0.25, 0.3) is 0 Å². The Bertz CT molecular complexity index is 573. The third-order valence-corrected chi connectivity index (χ3v) is 4.59. The van der Waals surface area contributed by atoms with Gasteiger partial charge in [0.05, 0.1) is 19.6 Å². The molecule has 3 rings (SSSR count). The highest BCUT2D eigenvalue weighted by Crippen LogP contribution is 2.22. The van der Waals surface area contributed by atoms with Crippen molar-refractivity contribution in [3.8, 4) is 5.75 Å². The summed E-state index contributed by atoms with van der Waals surface area (Å²) in [6, 6.07) is 7.19. The molecule has 124 valence electrons. The van der Waals surface area contributed by atoms with Crippen molar-refractivity contribution in [1.82, 2.24) is 10.6 Å². The Morgan fingerprint density at radius 1 is 1.22 bits per heavy atom. The van der Waals surface area contributed by atoms with Crippen molar-refractivity contribution in [2.75, 3.05) is 12.4 Å². The number of carbonyl (C=O) groups excluding carboxylic acids is 2. The van der Waals surface area contributed by atoms with E-state index in [2.05, 4.69) is 16.0 Å². The lowest BCUT2D eigenvalue weighted by atomic mass is 9.87. The maximum atomic E-state index is 12.2. The van der Waals surface area contributed by atoms with Crippen LogP contribution in [-0.2, 0) is 9.59 Å². The number of hydrogen-bond donors (Lipinski definition) is 3. The molecule has 6 nitrogen and oxygen atoms in total. The minimum absolute atomic E-state index is 0.0713. The first kappa shape index (κ1) is 15.8. The number of piperazine rings is 1. The van der Waals surface area contributed by atoms with Crippen LogP contribution in [0.3, 0.4) is 0 Å². The smallest absolute Gasteiger partial charge is 0.237 e. The highest BCUT2D eigenvalue weighted by molar-refractivity contribution is 5.95. The molecule has 1 aliphatic heterocycles. The van der Waals surface area contributed by atoms with Crippen LogP contribution in [0.4, 0.5) is 5.69 Å². The quantitative estimate of drug-likeness (QED) is 0.785. The zero-order valence-electron chi connectivity index (χ0n) is 13.3. The van der Waals surface area contributed by atoms with E-state index in [0.717, 1.165) is 25.0 Å². The van der Waals surface area contributed by atoms with Crippen LogP contribution in [0.2, 0.25) is 0 Å². The summed E-state index contributed by atoms with van der Waals surface area (Å²) < 4.78 is 5.08. The van der Waals surface area contributed by atoms with Crippen molar-refractivity contribution in [2.24, 2.45) is 0 Å². The van der Waals surface area contributed by atoms with E-state index in [4.69, 9.17) is 4.74 Å². The molecule has 3 N–H and O–H groups in total. The molecule has 1 aromatic rings. The van der Waals surface area contributed by atoms with E-state index >= 15 is 0 Å². The average molecular weight is 317 g/mol. The lowest BCUT2D eigenvalue weighted by molar-refractivity contribution is -0.129. The minimum Gasteiger partial charge on any atom is -0.497 e. The monoisotopic (exact) mass is 317 g/mol. The van der Waals surface area contributed by atoms with Gasteiger partial charge in [0, 0.05) is 17.8 Å². The van der Waals surface area contributed by atoms with Crippen molar-refractivity contribution < 1.29 is 14.3 Å². The zero-order valence-corrected chi connectivity index (χ0v) is 13.3. The molecular formula is C17H23N3O3. The second-order valence-corrected chi connectivity index (χ2v) is 6.21. The Morgan fingerprint density at radius 3 is 2.61 bits per heavy atom. The van der Waals surface area contributed by atoms with E-state index in [9.17, 15) is 9.59 Å². The second kappa shape index (κ2) is 7.00. The van der Waals surface area contributed by atoms with Crippen LogP contribution in [0.5, 0.6) is 5.75 Å². The van der Waals surface area contributed by atoms with Crippen LogP contribution in [0, 0.1) is 0 Å². The molecular weight excluding hydrogens is 294 g/mol. The summed E-state index contributed by atoms with van der Waals surface area (Å²) in [6.07, 6.45) is 4.55. The molecule has 2 fully saturated rings. The molecule has 0 bridgehead atoms. The SMILES string of the molecule is COc1ccc(NC(=O)C[C@H]2N[C@H]3CCCC[C@@H]3NC2=O)cc1. The number of anilines is 1. The maximum Gasteiger partial charge on any atom is 0.237 e. The fourth-order valence-electron chi connectivity index (χ4n) is 3.34. The number of nitrogens with one attached hydrogen (secondary N) is 3. The van der Waals surface area contributed by atoms with Crippen LogP contribution in [-0.4, -0.2) is 37.0 Å². The number of benzene rings is 1. The van der Waals surface area contributed by atoms with Gasteiger partial charge in [-0.25, -0.2) is 0 Å². The van der Waals surface area contributed by atoms with Gasteiger partial charge in [-0.15, -0.1) is 0 Å². The fourth-order valence-corrected chi connectivity index (χ4v) is 3.34. The Balaban J connectivity index is 1.55. The number of amides is 2. The number of carbonyl (C=O) groups is 2. The second-order valence-electron chi connectivity index (χ2n) is 6.21. The minimum atomic E-state index is -0.451. The summed E-state index contributed by atoms with van der Waals surface area (Å²) in [5.74, 6) is 0.495. The van der Waals surface area contributed by atoms with E-state index in [0.29, 0.717) is 11.7 Å². The zero-order chi connectivity index (χ0) is 16.2. The molecule has 2 amide bonds. The van der Waals surface area contributed by atoms with Gasteiger partial charge in [-0.3, -0.25) is 9.59 Å². The van der Waals surface area contributed by atoms with E-state index in [1.54, 1.807) is 31.4 Å². The third-order valence-electron chi connectivity index (χ3n) is 4.59. The normalized spacial score (nSPS) is 26.8. The summed E-state index contributed by atoms with van der Waals surface area (Å²) in [6.45, 7) is 0. The number of rotatable bonds is 4. The maximum absolute atomic E-state index is 12.2. The molecule has 0 aromatic heterocycles. The number of methoxy groups -OCH3 is 1. The molecule has 1 aliphatic carbocycles. The van der Waals surface area contributed by atoms with Crippen LogP contribution < -0.4 is 20.7 Å². The highest BCUT2D eigenvalue weighted by Gasteiger charge is 2.36. The first-order valence-electron chi connectivity index (χ1n) is 8.16. The van der Waals surface area contributed by atoms with Gasteiger partial charge in [0.2, 0.25) is 11.8 Å². The Hall–Kier alpha value is -2.08. The summed E-state index contributed by atoms with van der Waals surface area (Å²) in [7, 11) is 1.60. The van der Waals surface area contributed by atoms with E-state index < -0.39 is 6.04 Å². The lowest BCUT2D eigenvalue weighted by Gasteiger charge is -2.40. The van der Waals surface area contributed by atoms with Gasteiger partial charge in [-0.1, -0.05) is 12.8 Å². The number of hydrogen-bond acceptors (Lipinski definition) is 4. The van der Waals surface area contributed by atoms with Gasteiger partial charge in [0.1, 0.15) is 5.75 Å². The van der Waals surface area contributed by atoms with Gasteiger partial charge in [-0.05, 0) is 37.1 Å².